The van der Waals surface area contributed by atoms with Crippen molar-refractivity contribution in [3.8, 4) is 0 Å². The van der Waals surface area contributed by atoms with Gasteiger partial charge in [0.05, 0.1) is 16.3 Å². The molecule has 2 fully saturated rings. The van der Waals surface area contributed by atoms with Gasteiger partial charge in [0.2, 0.25) is 0 Å². The maximum atomic E-state index is 13.1. The van der Waals surface area contributed by atoms with Crippen LogP contribution in [-0.4, -0.2) is 33.5 Å². The first kappa shape index (κ1) is 22.6. The van der Waals surface area contributed by atoms with Crippen LogP contribution >= 0.6 is 0 Å². The highest BCUT2D eigenvalue weighted by Gasteiger charge is 2.23. The third kappa shape index (κ3) is 5.44. The lowest BCUT2D eigenvalue weighted by Gasteiger charge is -2.23. The van der Waals surface area contributed by atoms with Crippen molar-refractivity contribution in [1.82, 2.24) is 5.32 Å². The van der Waals surface area contributed by atoms with Gasteiger partial charge in [-0.2, -0.15) is 0 Å². The van der Waals surface area contributed by atoms with Gasteiger partial charge in [0.25, 0.3) is 15.9 Å². The summed E-state index contributed by atoms with van der Waals surface area (Å²) in [6.45, 7) is 3.69. The molecule has 0 bridgehead atoms. The Morgan fingerprint density at radius 2 is 1.56 bits per heavy atom. The van der Waals surface area contributed by atoms with E-state index in [1.165, 1.54) is 12.8 Å². The van der Waals surface area contributed by atoms with Crippen molar-refractivity contribution in [3.63, 3.8) is 0 Å². The van der Waals surface area contributed by atoms with E-state index in [0.717, 1.165) is 62.9 Å². The molecule has 1 aliphatic carbocycles. The maximum absolute atomic E-state index is 13.1. The van der Waals surface area contributed by atoms with Crippen molar-refractivity contribution in [1.29, 1.82) is 0 Å². The number of carbonyl (C=O) groups excluding carboxylic acids is 1. The van der Waals surface area contributed by atoms with Crippen molar-refractivity contribution in [2.75, 3.05) is 22.7 Å². The van der Waals surface area contributed by atoms with Crippen LogP contribution in [0.4, 0.5) is 11.4 Å². The fraction of sp³-hybridized carbons (Fsp3) is 0.480. The van der Waals surface area contributed by atoms with Crippen molar-refractivity contribution in [2.24, 2.45) is 0 Å². The topological polar surface area (TPSA) is 78.5 Å². The number of carbonyl (C=O) groups is 1. The molecule has 1 saturated heterocycles. The Morgan fingerprint density at radius 1 is 0.906 bits per heavy atom. The number of rotatable bonds is 6. The summed E-state index contributed by atoms with van der Waals surface area (Å²) in [7, 11) is -3.76. The SMILES string of the molecule is Cc1ccc(S(=O)(=O)Nc2cc(C(=O)NC3CCCCCC3)ccc2N2CCCC2)cc1. The van der Waals surface area contributed by atoms with E-state index in [4.69, 9.17) is 0 Å². The Morgan fingerprint density at radius 3 is 2.22 bits per heavy atom. The number of hydrogen-bond acceptors (Lipinski definition) is 4. The average molecular weight is 456 g/mol. The van der Waals surface area contributed by atoms with E-state index in [1.807, 2.05) is 19.1 Å². The fourth-order valence-corrected chi connectivity index (χ4v) is 5.67. The van der Waals surface area contributed by atoms with Crippen LogP contribution in [0.2, 0.25) is 0 Å². The van der Waals surface area contributed by atoms with Crippen LogP contribution < -0.4 is 14.9 Å². The van der Waals surface area contributed by atoms with Crippen LogP contribution in [0, 0.1) is 6.92 Å². The zero-order valence-corrected chi connectivity index (χ0v) is 19.6. The van der Waals surface area contributed by atoms with Gasteiger partial charge in [0.1, 0.15) is 0 Å². The highest BCUT2D eigenvalue weighted by Crippen LogP contribution is 2.32. The van der Waals surface area contributed by atoms with Gasteiger partial charge in [-0.05, 0) is 62.9 Å². The van der Waals surface area contributed by atoms with E-state index in [2.05, 4.69) is 14.9 Å². The molecule has 2 aromatic carbocycles. The Hall–Kier alpha value is -2.54. The summed E-state index contributed by atoms with van der Waals surface area (Å²) in [5.74, 6) is -0.138. The van der Waals surface area contributed by atoms with E-state index in [9.17, 15) is 13.2 Å². The molecule has 1 aliphatic heterocycles. The number of nitrogens with one attached hydrogen (secondary N) is 2. The molecule has 0 unspecified atom stereocenters. The van der Waals surface area contributed by atoms with Crippen LogP contribution in [0.25, 0.3) is 0 Å². The van der Waals surface area contributed by atoms with Crippen LogP contribution in [0.5, 0.6) is 0 Å². The highest BCUT2D eigenvalue weighted by atomic mass is 32.2. The second-order valence-electron chi connectivity index (χ2n) is 9.01. The lowest BCUT2D eigenvalue weighted by molar-refractivity contribution is 0.0933. The molecule has 2 aliphatic rings. The minimum Gasteiger partial charge on any atom is -0.370 e. The second-order valence-corrected chi connectivity index (χ2v) is 10.7. The molecule has 32 heavy (non-hydrogen) atoms. The molecule has 0 spiro atoms. The molecule has 2 aromatic rings. The molecule has 1 heterocycles. The Bertz CT molecular complexity index is 1040. The molecule has 7 heteroatoms. The van der Waals surface area contributed by atoms with E-state index >= 15 is 0 Å². The molecule has 0 radical (unpaired) electrons. The molecule has 1 saturated carbocycles. The van der Waals surface area contributed by atoms with Crippen molar-refractivity contribution < 1.29 is 13.2 Å². The van der Waals surface area contributed by atoms with Crippen molar-refractivity contribution in [3.05, 3.63) is 53.6 Å². The summed E-state index contributed by atoms with van der Waals surface area (Å²) in [6.07, 6.45) is 8.89. The molecule has 1 amide bonds. The predicted octanol–water partition coefficient (Wildman–Crippen LogP) is 4.85. The second kappa shape index (κ2) is 9.94. The van der Waals surface area contributed by atoms with Gasteiger partial charge in [-0.1, -0.05) is 43.4 Å². The third-order valence-electron chi connectivity index (χ3n) is 6.47. The number of benzene rings is 2. The fourth-order valence-electron chi connectivity index (χ4n) is 4.61. The highest BCUT2D eigenvalue weighted by molar-refractivity contribution is 7.92. The zero-order valence-electron chi connectivity index (χ0n) is 18.8. The van der Waals surface area contributed by atoms with E-state index in [0.29, 0.717) is 11.3 Å². The molecule has 0 aromatic heterocycles. The van der Waals surface area contributed by atoms with E-state index < -0.39 is 10.0 Å². The van der Waals surface area contributed by atoms with Crippen LogP contribution in [0.15, 0.2) is 47.4 Å². The molecular formula is C25H33N3O3S. The first-order valence-corrected chi connectivity index (χ1v) is 13.2. The van der Waals surface area contributed by atoms with Crippen molar-refractivity contribution in [2.45, 2.75) is 69.2 Å². The summed E-state index contributed by atoms with van der Waals surface area (Å²) < 4.78 is 28.9. The number of aryl methyl sites for hydroxylation is 1. The summed E-state index contributed by atoms with van der Waals surface area (Å²) >= 11 is 0. The molecule has 2 N–H and O–H groups in total. The van der Waals surface area contributed by atoms with Gasteiger partial charge in [-0.15, -0.1) is 0 Å². The summed E-state index contributed by atoms with van der Waals surface area (Å²) in [4.78, 5) is 15.4. The largest absolute Gasteiger partial charge is 0.370 e. The van der Waals surface area contributed by atoms with Crippen LogP contribution in [0.3, 0.4) is 0 Å². The van der Waals surface area contributed by atoms with Crippen LogP contribution in [0.1, 0.15) is 67.3 Å². The van der Waals surface area contributed by atoms with Gasteiger partial charge in [-0.3, -0.25) is 9.52 Å². The number of sulfonamides is 1. The van der Waals surface area contributed by atoms with Crippen LogP contribution in [-0.2, 0) is 10.0 Å². The van der Waals surface area contributed by atoms with Gasteiger partial charge >= 0.3 is 0 Å². The lowest BCUT2D eigenvalue weighted by atomic mass is 10.1. The lowest BCUT2D eigenvalue weighted by Crippen LogP contribution is -2.34. The maximum Gasteiger partial charge on any atom is 0.261 e. The molecular weight excluding hydrogens is 422 g/mol. The minimum atomic E-state index is -3.76. The van der Waals surface area contributed by atoms with Gasteiger partial charge < -0.3 is 10.2 Å². The number of hydrogen-bond donors (Lipinski definition) is 2. The predicted molar refractivity (Wildman–Crippen MR) is 129 cm³/mol. The first-order chi connectivity index (χ1) is 15.4. The van der Waals surface area contributed by atoms with Gasteiger partial charge in [0, 0.05) is 24.7 Å². The molecule has 172 valence electrons. The van der Waals surface area contributed by atoms with E-state index in [1.54, 1.807) is 30.3 Å². The Labute approximate surface area is 191 Å². The van der Waals surface area contributed by atoms with Gasteiger partial charge in [0.15, 0.2) is 0 Å². The minimum absolute atomic E-state index is 0.138. The van der Waals surface area contributed by atoms with Gasteiger partial charge in [-0.25, -0.2) is 8.42 Å². The summed E-state index contributed by atoms with van der Waals surface area (Å²) in [6, 6.07) is 12.3. The number of anilines is 2. The first-order valence-electron chi connectivity index (χ1n) is 11.7. The number of amides is 1. The number of nitrogens with zero attached hydrogens (tertiary/aromatic N) is 1. The summed E-state index contributed by atoms with van der Waals surface area (Å²) in [5.41, 5.74) is 2.77. The normalized spacial score (nSPS) is 17.7. The smallest absolute Gasteiger partial charge is 0.261 e. The quantitative estimate of drug-likeness (QED) is 0.611. The standard InChI is InChI=1S/C25H33N3O3S/c1-19-10-13-22(14-11-19)32(30,31)27-23-18-20(12-15-24(23)28-16-6-7-17-28)25(29)26-21-8-4-2-3-5-9-21/h10-15,18,21,27H,2-9,16-17H2,1H3,(H,26,29). The zero-order chi connectivity index (χ0) is 22.6. The van der Waals surface area contributed by atoms with Crippen molar-refractivity contribution >= 4 is 27.3 Å². The molecule has 6 nitrogen and oxygen atoms in total. The Balaban J connectivity index is 1.60. The Kier molecular flexibility index (Phi) is 7.04. The average Bonchev–Trinajstić information content (AvgIpc) is 3.18. The third-order valence-corrected chi connectivity index (χ3v) is 7.85. The molecule has 4 rings (SSSR count). The van der Waals surface area contributed by atoms with E-state index in [-0.39, 0.29) is 16.8 Å². The summed E-state index contributed by atoms with van der Waals surface area (Å²) in [5, 5.41) is 3.16. The molecule has 0 atom stereocenters. The monoisotopic (exact) mass is 455 g/mol.